The molecule has 9 heteroatoms. The summed E-state index contributed by atoms with van der Waals surface area (Å²) < 4.78 is 11.7. The maximum atomic E-state index is 12.3. The van der Waals surface area contributed by atoms with E-state index in [2.05, 4.69) is 39.2 Å². The van der Waals surface area contributed by atoms with Gasteiger partial charge in [-0.15, -0.1) is 0 Å². The summed E-state index contributed by atoms with van der Waals surface area (Å²) in [4.78, 5) is 38.6. The van der Waals surface area contributed by atoms with E-state index in [1.54, 1.807) is 9.80 Å². The fourth-order valence-corrected chi connectivity index (χ4v) is 4.65. The Morgan fingerprint density at radius 1 is 1.35 bits per heavy atom. The molecule has 1 fully saturated rings. The summed E-state index contributed by atoms with van der Waals surface area (Å²) in [5, 5.41) is 2.78. The van der Waals surface area contributed by atoms with Crippen LogP contribution in [0.5, 0.6) is 0 Å². The van der Waals surface area contributed by atoms with Gasteiger partial charge in [-0.2, -0.15) is 0 Å². The minimum Gasteiger partial charge on any atom is -0.442 e. The molecule has 2 aliphatic heterocycles. The molecular weight excluding hydrogens is 414 g/mol. The Kier molecular flexibility index (Phi) is 6.47. The highest BCUT2D eigenvalue weighted by molar-refractivity contribution is 6.74. The van der Waals surface area contributed by atoms with Gasteiger partial charge in [0.2, 0.25) is 12.3 Å². The van der Waals surface area contributed by atoms with E-state index in [1.807, 2.05) is 18.2 Å². The van der Waals surface area contributed by atoms with E-state index >= 15 is 0 Å². The zero-order valence-corrected chi connectivity index (χ0v) is 20.2. The highest BCUT2D eigenvalue weighted by Crippen LogP contribution is 2.39. The molecular formula is C22H33N3O5Si. The number of ether oxygens (including phenoxy) is 1. The molecule has 2 heterocycles. The molecule has 2 atom stereocenters. The van der Waals surface area contributed by atoms with Gasteiger partial charge in [0.15, 0.2) is 8.32 Å². The van der Waals surface area contributed by atoms with Crippen LogP contribution < -0.4 is 15.1 Å². The molecule has 0 bridgehead atoms. The zero-order chi connectivity index (χ0) is 23.0. The average Bonchev–Trinajstić information content (AvgIpc) is 3.22. The molecule has 170 valence electrons. The smallest absolute Gasteiger partial charge is 0.414 e. The number of carbonyl (C=O) groups is 3. The van der Waals surface area contributed by atoms with Crippen molar-refractivity contribution in [3.8, 4) is 0 Å². The molecule has 0 saturated carbocycles. The Morgan fingerprint density at radius 3 is 2.68 bits per heavy atom. The lowest BCUT2D eigenvalue weighted by Crippen LogP contribution is -2.45. The van der Waals surface area contributed by atoms with Crippen LogP contribution in [-0.2, 0) is 25.2 Å². The highest BCUT2D eigenvalue weighted by atomic mass is 28.4. The second kappa shape index (κ2) is 8.62. The van der Waals surface area contributed by atoms with E-state index in [-0.39, 0.29) is 29.6 Å². The van der Waals surface area contributed by atoms with Gasteiger partial charge in [-0.1, -0.05) is 20.8 Å². The number of hydrogen-bond acceptors (Lipinski definition) is 5. The molecule has 0 aliphatic carbocycles. The number of nitrogens with one attached hydrogen (secondary N) is 1. The van der Waals surface area contributed by atoms with Gasteiger partial charge < -0.3 is 19.4 Å². The van der Waals surface area contributed by atoms with Crippen LogP contribution in [-0.4, -0.2) is 58.6 Å². The standard InChI is InChI=1S/C22H33N3O5Si/c1-15(27)23-11-19-12-24(21(28)30-19)17-7-8-20-16(9-17)10-18(25(20)14-26)13-29-31(5,6)22(2,3)4/h7-9,14,18-19H,10-13H2,1-6H3,(H,23,27). The van der Waals surface area contributed by atoms with Crippen molar-refractivity contribution < 1.29 is 23.5 Å². The first-order chi connectivity index (χ1) is 14.4. The molecule has 1 N–H and O–H groups in total. The molecule has 0 aromatic heterocycles. The van der Waals surface area contributed by atoms with Crippen molar-refractivity contribution in [3.63, 3.8) is 0 Å². The average molecular weight is 448 g/mol. The fourth-order valence-electron chi connectivity index (χ4n) is 3.60. The minimum atomic E-state index is -1.93. The topological polar surface area (TPSA) is 88.2 Å². The van der Waals surface area contributed by atoms with Crippen LogP contribution in [0.3, 0.4) is 0 Å². The van der Waals surface area contributed by atoms with Crippen LogP contribution in [0.2, 0.25) is 18.1 Å². The molecule has 1 aromatic rings. The van der Waals surface area contributed by atoms with Crippen molar-refractivity contribution in [1.29, 1.82) is 0 Å². The van der Waals surface area contributed by atoms with Crippen LogP contribution in [0.1, 0.15) is 33.3 Å². The summed E-state index contributed by atoms with van der Waals surface area (Å²) in [5.41, 5.74) is 2.59. The number of nitrogens with zero attached hydrogens (tertiary/aromatic N) is 2. The van der Waals surface area contributed by atoms with Gasteiger partial charge >= 0.3 is 6.09 Å². The SMILES string of the molecule is CC(=O)NCC1CN(c2ccc3c(c2)CC(CO[Si](C)(C)C(C)(C)C)N3C=O)C(=O)O1. The third-order valence-corrected chi connectivity index (χ3v) is 11.0. The van der Waals surface area contributed by atoms with Gasteiger partial charge in [-0.05, 0) is 48.3 Å². The maximum absolute atomic E-state index is 12.3. The summed E-state index contributed by atoms with van der Waals surface area (Å²) in [6, 6.07) is 5.59. The Labute approximate surface area is 185 Å². The molecule has 0 spiro atoms. The Hall–Kier alpha value is -2.39. The number of amides is 3. The van der Waals surface area contributed by atoms with E-state index in [0.717, 1.165) is 23.3 Å². The Morgan fingerprint density at radius 2 is 2.06 bits per heavy atom. The second-order valence-corrected chi connectivity index (χ2v) is 14.6. The largest absolute Gasteiger partial charge is 0.442 e. The molecule has 0 radical (unpaired) electrons. The van der Waals surface area contributed by atoms with E-state index in [1.165, 1.54) is 6.92 Å². The van der Waals surface area contributed by atoms with Crippen molar-refractivity contribution in [2.24, 2.45) is 0 Å². The first-order valence-electron chi connectivity index (χ1n) is 10.7. The first-order valence-corrected chi connectivity index (χ1v) is 13.6. The number of fused-ring (bicyclic) bond motifs is 1. The van der Waals surface area contributed by atoms with E-state index in [0.29, 0.717) is 19.6 Å². The Balaban J connectivity index is 1.71. The summed E-state index contributed by atoms with van der Waals surface area (Å²) in [7, 11) is -1.93. The number of benzene rings is 1. The van der Waals surface area contributed by atoms with Crippen molar-refractivity contribution in [2.75, 3.05) is 29.5 Å². The van der Waals surface area contributed by atoms with Gasteiger partial charge in [0, 0.05) is 18.3 Å². The van der Waals surface area contributed by atoms with Crippen molar-refractivity contribution in [2.45, 2.75) is 64.4 Å². The molecule has 1 saturated heterocycles. The third kappa shape index (κ3) is 4.93. The summed E-state index contributed by atoms with van der Waals surface area (Å²) >= 11 is 0. The zero-order valence-electron chi connectivity index (χ0n) is 19.2. The van der Waals surface area contributed by atoms with Crippen LogP contribution in [0.15, 0.2) is 18.2 Å². The van der Waals surface area contributed by atoms with E-state index in [4.69, 9.17) is 9.16 Å². The van der Waals surface area contributed by atoms with Gasteiger partial charge in [0.05, 0.1) is 25.7 Å². The highest BCUT2D eigenvalue weighted by Gasteiger charge is 2.40. The molecule has 3 rings (SSSR count). The lowest BCUT2D eigenvalue weighted by Gasteiger charge is -2.37. The Bertz CT molecular complexity index is 867. The second-order valence-electron chi connectivity index (χ2n) is 9.81. The maximum Gasteiger partial charge on any atom is 0.414 e. The summed E-state index contributed by atoms with van der Waals surface area (Å²) in [6.07, 6.45) is 0.716. The van der Waals surface area contributed by atoms with Gasteiger partial charge in [-0.3, -0.25) is 14.5 Å². The lowest BCUT2D eigenvalue weighted by atomic mass is 10.1. The monoisotopic (exact) mass is 447 g/mol. The molecule has 2 aliphatic rings. The van der Waals surface area contributed by atoms with Crippen LogP contribution in [0, 0.1) is 0 Å². The van der Waals surface area contributed by atoms with Crippen LogP contribution in [0.25, 0.3) is 0 Å². The number of carbonyl (C=O) groups excluding carboxylic acids is 3. The summed E-state index contributed by atoms with van der Waals surface area (Å²) in [5.74, 6) is -0.160. The van der Waals surface area contributed by atoms with Crippen LogP contribution >= 0.6 is 0 Å². The predicted molar refractivity (Wildman–Crippen MR) is 122 cm³/mol. The molecule has 31 heavy (non-hydrogen) atoms. The quantitative estimate of drug-likeness (QED) is 0.513. The van der Waals surface area contributed by atoms with E-state index < -0.39 is 14.4 Å². The van der Waals surface area contributed by atoms with E-state index in [9.17, 15) is 14.4 Å². The molecule has 3 amide bonds. The number of hydrogen-bond donors (Lipinski definition) is 1. The molecule has 2 unspecified atom stereocenters. The third-order valence-electron chi connectivity index (χ3n) is 6.51. The molecule has 8 nitrogen and oxygen atoms in total. The van der Waals surface area contributed by atoms with Crippen molar-refractivity contribution in [1.82, 2.24) is 5.32 Å². The van der Waals surface area contributed by atoms with Gasteiger partial charge in [-0.25, -0.2) is 4.79 Å². The number of anilines is 2. The van der Waals surface area contributed by atoms with Gasteiger partial charge in [0.1, 0.15) is 6.10 Å². The predicted octanol–water partition coefficient (Wildman–Crippen LogP) is 3.06. The first kappa shape index (κ1) is 23.3. The number of rotatable bonds is 7. The normalized spacial score (nSPS) is 21.2. The number of cyclic esters (lactones) is 1. The van der Waals surface area contributed by atoms with Crippen molar-refractivity contribution >= 4 is 38.1 Å². The van der Waals surface area contributed by atoms with Gasteiger partial charge in [0.25, 0.3) is 0 Å². The minimum absolute atomic E-state index is 0.0603. The van der Waals surface area contributed by atoms with Crippen LogP contribution in [0.4, 0.5) is 16.2 Å². The lowest BCUT2D eigenvalue weighted by molar-refractivity contribution is -0.119. The summed E-state index contributed by atoms with van der Waals surface area (Å²) in [6.45, 7) is 13.6. The molecule has 1 aromatic carbocycles. The fraction of sp³-hybridized carbons (Fsp3) is 0.591. The van der Waals surface area contributed by atoms with Crippen molar-refractivity contribution in [3.05, 3.63) is 23.8 Å².